The van der Waals surface area contributed by atoms with Crippen molar-refractivity contribution in [1.29, 1.82) is 0 Å². The molecule has 0 unspecified atom stereocenters. The van der Waals surface area contributed by atoms with Gasteiger partial charge in [0.05, 0.1) is 12.2 Å². The highest BCUT2D eigenvalue weighted by Crippen LogP contribution is 2.31. The molecule has 0 bridgehead atoms. The van der Waals surface area contributed by atoms with Gasteiger partial charge < -0.3 is 20.3 Å². The van der Waals surface area contributed by atoms with Gasteiger partial charge in [-0.25, -0.2) is 4.98 Å². The number of ether oxygens (including phenoxy) is 1. The lowest BCUT2D eigenvalue weighted by molar-refractivity contribution is -0.129. The molecule has 2 aliphatic rings. The molecule has 35 heavy (non-hydrogen) atoms. The maximum Gasteiger partial charge on any atom is 0.246 e. The standard InChI is InChI=1S/C26H24ClN5O3/c1-2-24(34)32-14-19(15-32)29-17-6-4-7-20(12-17)35-25-22(27)13-28-26(31-25)30-18-9-10-21-16(11-18)5-3-8-23(21)33/h2,4,6-7,9-13,19,29H,1,3,5,8,14-15H2,(H,28,30,31). The van der Waals surface area contributed by atoms with E-state index in [0.29, 0.717) is 31.2 Å². The molecule has 1 aromatic heterocycles. The quantitative estimate of drug-likeness (QED) is 0.451. The first kappa shape index (κ1) is 22.9. The predicted molar refractivity (Wildman–Crippen MR) is 135 cm³/mol. The predicted octanol–water partition coefficient (Wildman–Crippen LogP) is 4.99. The molecule has 8 nitrogen and oxygen atoms in total. The zero-order valence-electron chi connectivity index (χ0n) is 19.0. The van der Waals surface area contributed by atoms with Crippen LogP contribution in [0.3, 0.4) is 0 Å². The van der Waals surface area contributed by atoms with Crippen LogP contribution in [-0.2, 0) is 11.2 Å². The zero-order valence-corrected chi connectivity index (χ0v) is 19.7. The number of benzene rings is 2. The highest BCUT2D eigenvalue weighted by atomic mass is 35.5. The topological polar surface area (TPSA) is 96.5 Å². The molecule has 1 aliphatic heterocycles. The van der Waals surface area contributed by atoms with E-state index in [1.54, 1.807) is 4.90 Å². The van der Waals surface area contributed by atoms with E-state index in [2.05, 4.69) is 27.2 Å². The number of aryl methyl sites for hydroxylation is 1. The number of halogens is 1. The Kier molecular flexibility index (Phi) is 6.37. The molecule has 0 atom stereocenters. The lowest BCUT2D eigenvalue weighted by atomic mass is 9.90. The highest BCUT2D eigenvalue weighted by molar-refractivity contribution is 6.31. The zero-order chi connectivity index (χ0) is 24.4. The molecule has 1 saturated heterocycles. The molecule has 178 valence electrons. The Bertz CT molecular complexity index is 1310. The van der Waals surface area contributed by atoms with Crippen LogP contribution in [0.15, 0.2) is 61.3 Å². The molecule has 5 rings (SSSR count). The fraction of sp³-hybridized carbons (Fsp3) is 0.231. The Labute approximate surface area is 208 Å². The first-order chi connectivity index (χ1) is 17.0. The van der Waals surface area contributed by atoms with Crippen LogP contribution in [0.5, 0.6) is 11.6 Å². The normalized spacial score (nSPS) is 15.1. The van der Waals surface area contributed by atoms with Gasteiger partial charge in [-0.1, -0.05) is 24.2 Å². The summed E-state index contributed by atoms with van der Waals surface area (Å²) < 4.78 is 5.96. The summed E-state index contributed by atoms with van der Waals surface area (Å²) in [6.45, 7) is 4.76. The second-order valence-electron chi connectivity index (χ2n) is 8.54. The average molecular weight is 490 g/mol. The number of carbonyl (C=O) groups excluding carboxylic acids is 2. The van der Waals surface area contributed by atoms with Gasteiger partial charge in [-0.2, -0.15) is 4.98 Å². The number of hydrogen-bond donors (Lipinski definition) is 2. The highest BCUT2D eigenvalue weighted by Gasteiger charge is 2.29. The van der Waals surface area contributed by atoms with E-state index in [9.17, 15) is 9.59 Å². The Morgan fingerprint density at radius 3 is 2.86 bits per heavy atom. The van der Waals surface area contributed by atoms with E-state index >= 15 is 0 Å². The largest absolute Gasteiger partial charge is 0.437 e. The van der Waals surface area contributed by atoms with Crippen LogP contribution in [0.25, 0.3) is 0 Å². The molecule has 0 radical (unpaired) electrons. The number of likely N-dealkylation sites (tertiary alicyclic amines) is 1. The van der Waals surface area contributed by atoms with Crippen LogP contribution < -0.4 is 15.4 Å². The SMILES string of the molecule is C=CC(=O)N1CC(Nc2cccc(Oc3nc(Nc4ccc5c(c4)CCCC5=O)ncc3Cl)c2)C1. The minimum atomic E-state index is -0.0631. The van der Waals surface area contributed by atoms with Crippen molar-refractivity contribution in [2.75, 3.05) is 23.7 Å². The van der Waals surface area contributed by atoms with Gasteiger partial charge in [0.2, 0.25) is 17.7 Å². The number of nitrogens with zero attached hydrogens (tertiary/aromatic N) is 3. The number of amides is 1. The third-order valence-electron chi connectivity index (χ3n) is 6.01. The molecular formula is C26H24ClN5O3. The fourth-order valence-electron chi connectivity index (χ4n) is 4.21. The van der Waals surface area contributed by atoms with Gasteiger partial charge in [0.25, 0.3) is 0 Å². The second-order valence-corrected chi connectivity index (χ2v) is 8.95. The van der Waals surface area contributed by atoms with Gasteiger partial charge in [-0.3, -0.25) is 9.59 Å². The summed E-state index contributed by atoms with van der Waals surface area (Å²) >= 11 is 6.30. The van der Waals surface area contributed by atoms with Crippen LogP contribution in [0.2, 0.25) is 5.02 Å². The summed E-state index contributed by atoms with van der Waals surface area (Å²) in [5.74, 6) is 1.25. The fourth-order valence-corrected chi connectivity index (χ4v) is 4.34. The van der Waals surface area contributed by atoms with Crippen molar-refractivity contribution in [3.05, 3.63) is 77.5 Å². The summed E-state index contributed by atoms with van der Waals surface area (Å²) in [7, 11) is 0. The van der Waals surface area contributed by atoms with Crippen molar-refractivity contribution in [2.24, 2.45) is 0 Å². The van der Waals surface area contributed by atoms with Crippen molar-refractivity contribution < 1.29 is 14.3 Å². The number of fused-ring (bicyclic) bond motifs is 1. The first-order valence-electron chi connectivity index (χ1n) is 11.4. The molecule has 1 aliphatic carbocycles. The Morgan fingerprint density at radius 2 is 2.03 bits per heavy atom. The Morgan fingerprint density at radius 1 is 1.17 bits per heavy atom. The number of nitrogens with one attached hydrogen (secondary N) is 2. The van der Waals surface area contributed by atoms with Crippen LogP contribution in [0.1, 0.15) is 28.8 Å². The van der Waals surface area contributed by atoms with Crippen molar-refractivity contribution in [2.45, 2.75) is 25.3 Å². The molecule has 2 heterocycles. The molecule has 0 saturated carbocycles. The minimum Gasteiger partial charge on any atom is -0.437 e. The van der Waals surface area contributed by atoms with Gasteiger partial charge in [0, 0.05) is 42.5 Å². The number of carbonyl (C=O) groups is 2. The molecule has 2 aromatic carbocycles. The van der Waals surface area contributed by atoms with Gasteiger partial charge in [-0.15, -0.1) is 0 Å². The summed E-state index contributed by atoms with van der Waals surface area (Å²) in [6.07, 6.45) is 5.15. The molecule has 1 fully saturated rings. The number of Topliss-reactive ketones (excluding diaryl/α,β-unsaturated/α-hetero) is 1. The number of aromatic nitrogens is 2. The maximum atomic E-state index is 12.1. The average Bonchev–Trinajstić information content (AvgIpc) is 2.83. The van der Waals surface area contributed by atoms with Gasteiger partial charge in [0.15, 0.2) is 5.78 Å². The third kappa shape index (κ3) is 5.12. The second kappa shape index (κ2) is 9.76. The van der Waals surface area contributed by atoms with Crippen molar-refractivity contribution in [1.82, 2.24) is 14.9 Å². The van der Waals surface area contributed by atoms with Gasteiger partial charge in [0.1, 0.15) is 10.8 Å². The van der Waals surface area contributed by atoms with Gasteiger partial charge in [-0.05, 0) is 54.8 Å². The summed E-state index contributed by atoms with van der Waals surface area (Å²) in [4.78, 5) is 34.1. The van der Waals surface area contributed by atoms with Crippen molar-refractivity contribution in [3.63, 3.8) is 0 Å². The number of hydrogen-bond acceptors (Lipinski definition) is 7. The summed E-state index contributed by atoms with van der Waals surface area (Å²) in [6, 6.07) is 13.3. The number of rotatable bonds is 7. The summed E-state index contributed by atoms with van der Waals surface area (Å²) in [5.41, 5.74) is 3.48. The van der Waals surface area contributed by atoms with E-state index in [1.165, 1.54) is 12.3 Å². The van der Waals surface area contributed by atoms with E-state index in [0.717, 1.165) is 35.3 Å². The molecular weight excluding hydrogens is 466 g/mol. The van der Waals surface area contributed by atoms with E-state index in [-0.39, 0.29) is 28.6 Å². The van der Waals surface area contributed by atoms with Crippen LogP contribution in [0, 0.1) is 0 Å². The lowest BCUT2D eigenvalue weighted by Gasteiger charge is -2.39. The number of anilines is 3. The van der Waals surface area contributed by atoms with Crippen molar-refractivity contribution in [3.8, 4) is 11.6 Å². The van der Waals surface area contributed by atoms with Gasteiger partial charge >= 0.3 is 0 Å². The molecule has 1 amide bonds. The third-order valence-corrected chi connectivity index (χ3v) is 6.27. The van der Waals surface area contributed by atoms with E-state index in [4.69, 9.17) is 16.3 Å². The van der Waals surface area contributed by atoms with E-state index < -0.39 is 0 Å². The van der Waals surface area contributed by atoms with Crippen LogP contribution in [0.4, 0.5) is 17.3 Å². The lowest BCUT2D eigenvalue weighted by Crippen LogP contribution is -2.56. The number of ketones is 1. The molecule has 9 heteroatoms. The molecule has 0 spiro atoms. The minimum absolute atomic E-state index is 0.0631. The Balaban J connectivity index is 1.26. The maximum absolute atomic E-state index is 12.1. The van der Waals surface area contributed by atoms with Crippen LogP contribution in [-0.4, -0.2) is 45.7 Å². The summed E-state index contributed by atoms with van der Waals surface area (Å²) in [5, 5.41) is 6.84. The van der Waals surface area contributed by atoms with Crippen LogP contribution >= 0.6 is 11.6 Å². The monoisotopic (exact) mass is 489 g/mol. The molecule has 3 aromatic rings. The molecule has 2 N–H and O–H groups in total. The smallest absolute Gasteiger partial charge is 0.246 e. The van der Waals surface area contributed by atoms with Crippen molar-refractivity contribution >= 4 is 40.6 Å². The Hall–Kier alpha value is -3.91. The first-order valence-corrected chi connectivity index (χ1v) is 11.8. The van der Waals surface area contributed by atoms with E-state index in [1.807, 2.05) is 42.5 Å².